The molecule has 0 bridgehead atoms. The average molecular weight is 236 g/mol. The Morgan fingerprint density at radius 1 is 1.59 bits per heavy atom. The molecule has 5 nitrogen and oxygen atoms in total. The lowest BCUT2D eigenvalue weighted by Crippen LogP contribution is -2.38. The van der Waals surface area contributed by atoms with Crippen LogP contribution in [-0.4, -0.2) is 48.2 Å². The molecule has 1 aliphatic rings. The summed E-state index contributed by atoms with van der Waals surface area (Å²) in [5, 5.41) is 3.09. The zero-order valence-electron chi connectivity index (χ0n) is 10.5. The average Bonchev–Trinajstić information content (AvgIpc) is 2.40. The van der Waals surface area contributed by atoms with Crippen LogP contribution in [0.3, 0.4) is 0 Å². The van der Waals surface area contributed by atoms with E-state index < -0.39 is 0 Å². The van der Waals surface area contributed by atoms with Crippen LogP contribution in [0.25, 0.3) is 0 Å². The highest BCUT2D eigenvalue weighted by Gasteiger charge is 2.23. The van der Waals surface area contributed by atoms with Crippen molar-refractivity contribution in [1.29, 1.82) is 0 Å². The number of nitrogens with one attached hydrogen (secondary N) is 1. The van der Waals surface area contributed by atoms with Crippen molar-refractivity contribution in [2.45, 2.75) is 19.6 Å². The maximum absolute atomic E-state index is 5.74. The molecule has 1 aliphatic heterocycles. The smallest absolute Gasteiger partial charge is 0.158 e. The molecule has 2 heterocycles. The van der Waals surface area contributed by atoms with Gasteiger partial charge >= 0.3 is 0 Å². The van der Waals surface area contributed by atoms with Crippen LogP contribution < -0.4 is 5.32 Å². The standard InChI is InChI=1S/C12H20N4O/c1-3-16-6-7-17-11(9-16)12-14-5-4-10(15-12)8-13-2/h4-5,11,13H,3,6-9H2,1-2H3. The number of ether oxygens (including phenoxy) is 1. The highest BCUT2D eigenvalue weighted by molar-refractivity contribution is 5.05. The van der Waals surface area contributed by atoms with E-state index in [1.165, 1.54) is 0 Å². The van der Waals surface area contributed by atoms with E-state index in [1.54, 1.807) is 0 Å². The number of hydrogen-bond donors (Lipinski definition) is 1. The SMILES string of the molecule is CCN1CCOC(c2nccc(CNC)n2)C1. The summed E-state index contributed by atoms with van der Waals surface area (Å²) in [7, 11) is 1.91. The molecule has 1 saturated heterocycles. The van der Waals surface area contributed by atoms with Gasteiger partial charge in [-0.1, -0.05) is 6.92 Å². The molecular weight excluding hydrogens is 216 g/mol. The van der Waals surface area contributed by atoms with Gasteiger partial charge in [-0.2, -0.15) is 0 Å². The van der Waals surface area contributed by atoms with Crippen LogP contribution in [0.4, 0.5) is 0 Å². The fraction of sp³-hybridized carbons (Fsp3) is 0.667. The molecule has 5 heteroatoms. The summed E-state index contributed by atoms with van der Waals surface area (Å²) in [6, 6.07) is 1.93. The van der Waals surface area contributed by atoms with E-state index >= 15 is 0 Å². The monoisotopic (exact) mass is 236 g/mol. The lowest BCUT2D eigenvalue weighted by atomic mass is 10.2. The molecule has 0 radical (unpaired) electrons. The second-order valence-electron chi connectivity index (χ2n) is 4.19. The van der Waals surface area contributed by atoms with Gasteiger partial charge in [0, 0.05) is 25.8 Å². The van der Waals surface area contributed by atoms with Crippen LogP contribution in [0.1, 0.15) is 24.5 Å². The maximum atomic E-state index is 5.74. The van der Waals surface area contributed by atoms with Crippen molar-refractivity contribution < 1.29 is 4.74 Å². The molecule has 2 rings (SSSR count). The van der Waals surface area contributed by atoms with Crippen molar-refractivity contribution in [2.75, 3.05) is 33.3 Å². The van der Waals surface area contributed by atoms with Gasteiger partial charge in [0.2, 0.25) is 0 Å². The van der Waals surface area contributed by atoms with Gasteiger partial charge in [-0.15, -0.1) is 0 Å². The Bertz CT molecular complexity index is 358. The van der Waals surface area contributed by atoms with Crippen LogP contribution in [0.5, 0.6) is 0 Å². The Morgan fingerprint density at radius 2 is 2.47 bits per heavy atom. The lowest BCUT2D eigenvalue weighted by Gasteiger charge is -2.31. The van der Waals surface area contributed by atoms with E-state index in [4.69, 9.17) is 4.74 Å². The quantitative estimate of drug-likeness (QED) is 0.829. The van der Waals surface area contributed by atoms with Crippen molar-refractivity contribution in [3.05, 3.63) is 23.8 Å². The zero-order chi connectivity index (χ0) is 12.1. The largest absolute Gasteiger partial charge is 0.368 e. The Balaban J connectivity index is 2.07. The minimum Gasteiger partial charge on any atom is -0.368 e. The van der Waals surface area contributed by atoms with E-state index in [9.17, 15) is 0 Å². The summed E-state index contributed by atoms with van der Waals surface area (Å²) in [6.07, 6.45) is 1.82. The molecular formula is C12H20N4O. The minimum absolute atomic E-state index is 0.0144. The second-order valence-corrected chi connectivity index (χ2v) is 4.19. The van der Waals surface area contributed by atoms with Crippen LogP contribution in [0.15, 0.2) is 12.3 Å². The van der Waals surface area contributed by atoms with Gasteiger partial charge in [0.25, 0.3) is 0 Å². The molecule has 0 amide bonds. The predicted molar refractivity (Wildman–Crippen MR) is 65.6 cm³/mol. The molecule has 0 aromatic carbocycles. The Hall–Kier alpha value is -1.04. The van der Waals surface area contributed by atoms with Gasteiger partial charge in [0.15, 0.2) is 5.82 Å². The Kier molecular flexibility index (Phi) is 4.42. The first kappa shape index (κ1) is 12.4. The number of aromatic nitrogens is 2. The molecule has 17 heavy (non-hydrogen) atoms. The summed E-state index contributed by atoms with van der Waals surface area (Å²) in [5.74, 6) is 0.802. The van der Waals surface area contributed by atoms with Crippen LogP contribution in [0, 0.1) is 0 Å². The third-order valence-electron chi connectivity index (χ3n) is 2.98. The number of hydrogen-bond acceptors (Lipinski definition) is 5. The third kappa shape index (κ3) is 3.21. The van der Waals surface area contributed by atoms with Gasteiger partial charge in [-0.3, -0.25) is 4.90 Å². The van der Waals surface area contributed by atoms with Gasteiger partial charge < -0.3 is 10.1 Å². The number of morpholine rings is 1. The number of rotatable bonds is 4. The van der Waals surface area contributed by atoms with Crippen LogP contribution in [-0.2, 0) is 11.3 Å². The summed E-state index contributed by atoms with van der Waals surface area (Å²) >= 11 is 0. The number of nitrogens with zero attached hydrogens (tertiary/aromatic N) is 3. The molecule has 1 aromatic rings. The first-order valence-corrected chi connectivity index (χ1v) is 6.14. The summed E-state index contributed by atoms with van der Waals surface area (Å²) < 4.78 is 5.74. The Labute approximate surface area is 102 Å². The molecule has 0 saturated carbocycles. The van der Waals surface area contributed by atoms with Crippen LogP contribution >= 0.6 is 0 Å². The molecule has 94 valence electrons. The van der Waals surface area contributed by atoms with Gasteiger partial charge in [0.05, 0.1) is 12.3 Å². The highest BCUT2D eigenvalue weighted by atomic mass is 16.5. The topological polar surface area (TPSA) is 50.3 Å². The number of likely N-dealkylation sites (N-methyl/N-ethyl adjacent to an activating group) is 1. The van der Waals surface area contributed by atoms with Gasteiger partial charge in [0.1, 0.15) is 6.10 Å². The zero-order valence-corrected chi connectivity index (χ0v) is 10.5. The summed E-state index contributed by atoms with van der Waals surface area (Å²) in [5.41, 5.74) is 1.01. The highest BCUT2D eigenvalue weighted by Crippen LogP contribution is 2.18. The van der Waals surface area contributed by atoms with E-state index in [2.05, 4.69) is 27.1 Å². The van der Waals surface area contributed by atoms with Gasteiger partial charge in [-0.05, 0) is 19.7 Å². The van der Waals surface area contributed by atoms with Gasteiger partial charge in [-0.25, -0.2) is 9.97 Å². The normalized spacial score (nSPS) is 21.6. The first-order valence-electron chi connectivity index (χ1n) is 6.14. The minimum atomic E-state index is 0.0144. The molecule has 0 aliphatic carbocycles. The lowest BCUT2D eigenvalue weighted by molar-refractivity contribution is -0.0326. The molecule has 1 N–H and O–H groups in total. The third-order valence-corrected chi connectivity index (χ3v) is 2.98. The molecule has 1 fully saturated rings. The predicted octanol–water partition coefficient (Wildman–Crippen LogP) is 0.589. The summed E-state index contributed by atoms with van der Waals surface area (Å²) in [6.45, 7) is 6.64. The van der Waals surface area contributed by atoms with E-state index in [0.29, 0.717) is 0 Å². The molecule has 1 aromatic heterocycles. The van der Waals surface area contributed by atoms with Crippen molar-refractivity contribution in [2.24, 2.45) is 0 Å². The van der Waals surface area contributed by atoms with Crippen molar-refractivity contribution >= 4 is 0 Å². The van der Waals surface area contributed by atoms with Crippen molar-refractivity contribution in [3.63, 3.8) is 0 Å². The van der Waals surface area contributed by atoms with Crippen molar-refractivity contribution in [3.8, 4) is 0 Å². The van der Waals surface area contributed by atoms with E-state index in [-0.39, 0.29) is 6.10 Å². The van der Waals surface area contributed by atoms with E-state index in [1.807, 2.05) is 19.3 Å². The Morgan fingerprint density at radius 3 is 3.24 bits per heavy atom. The second kappa shape index (κ2) is 6.05. The van der Waals surface area contributed by atoms with Crippen molar-refractivity contribution in [1.82, 2.24) is 20.2 Å². The molecule has 1 unspecified atom stereocenters. The fourth-order valence-corrected chi connectivity index (χ4v) is 1.99. The fourth-order valence-electron chi connectivity index (χ4n) is 1.99. The molecule has 1 atom stereocenters. The van der Waals surface area contributed by atoms with Crippen LogP contribution in [0.2, 0.25) is 0 Å². The molecule has 0 spiro atoms. The first-order chi connectivity index (χ1) is 8.33. The van der Waals surface area contributed by atoms with E-state index in [0.717, 1.165) is 44.3 Å². The summed E-state index contributed by atoms with van der Waals surface area (Å²) in [4.78, 5) is 11.2. The maximum Gasteiger partial charge on any atom is 0.158 e.